The van der Waals surface area contributed by atoms with E-state index in [2.05, 4.69) is 50.3 Å². The number of hydrogen-bond acceptors (Lipinski definition) is 7. The van der Waals surface area contributed by atoms with E-state index in [9.17, 15) is 14.3 Å². The summed E-state index contributed by atoms with van der Waals surface area (Å²) in [5, 5.41) is 0. The first-order valence-corrected chi connectivity index (χ1v) is 29.7. The van der Waals surface area contributed by atoms with E-state index in [1.807, 2.05) is 21.1 Å². The molecule has 0 rings (SSSR count). The van der Waals surface area contributed by atoms with Gasteiger partial charge >= 0.3 is 5.97 Å². The predicted octanol–water partition coefficient (Wildman–Crippen LogP) is 17.0. The number of unbranched alkanes of at least 4 members (excludes halogenated alkanes) is 33. The van der Waals surface area contributed by atoms with Crippen LogP contribution in [-0.4, -0.2) is 70.7 Å². The van der Waals surface area contributed by atoms with Crippen molar-refractivity contribution in [1.82, 2.24) is 0 Å². The molecule has 0 heterocycles. The van der Waals surface area contributed by atoms with Gasteiger partial charge in [-0.05, 0) is 51.4 Å². The van der Waals surface area contributed by atoms with Crippen molar-refractivity contribution < 1.29 is 37.3 Å². The summed E-state index contributed by atoms with van der Waals surface area (Å²) < 4.78 is 34.8. The van der Waals surface area contributed by atoms with Gasteiger partial charge in [0, 0.05) is 13.0 Å². The number of nitrogens with zero attached hydrogens (tertiary/aromatic N) is 1. The van der Waals surface area contributed by atoms with Gasteiger partial charge in [0.1, 0.15) is 19.3 Å². The highest BCUT2D eigenvalue weighted by Gasteiger charge is 2.20. The third-order valence-electron chi connectivity index (χ3n) is 12.4. The molecule has 0 N–H and O–H groups in total. The van der Waals surface area contributed by atoms with Crippen LogP contribution in [0.5, 0.6) is 0 Å². The Morgan fingerprint density at radius 3 is 1.24 bits per heavy atom. The molecule has 2 atom stereocenters. The van der Waals surface area contributed by atoms with Crippen molar-refractivity contribution in [3.8, 4) is 0 Å². The van der Waals surface area contributed by atoms with Gasteiger partial charge in [0.2, 0.25) is 0 Å². The van der Waals surface area contributed by atoms with Crippen LogP contribution < -0.4 is 4.89 Å². The first kappa shape index (κ1) is 64.7. The molecule has 0 radical (unpaired) electrons. The number of likely N-dealkylation sites (N-methyl/N-ethyl adjacent to an activating group) is 1. The van der Waals surface area contributed by atoms with Crippen molar-refractivity contribution in [3.05, 3.63) is 36.5 Å². The van der Waals surface area contributed by atoms with Gasteiger partial charge in [-0.2, -0.15) is 0 Å². The number of rotatable bonds is 53. The normalized spacial score (nSPS) is 13.7. The molecule has 0 aliphatic rings. The lowest BCUT2D eigenvalue weighted by Gasteiger charge is -2.28. The molecule has 0 aliphatic carbocycles. The lowest BCUT2D eigenvalue weighted by atomic mass is 10.0. The maximum atomic E-state index is 12.8. The van der Waals surface area contributed by atoms with E-state index in [-0.39, 0.29) is 25.8 Å². The van der Waals surface area contributed by atoms with E-state index in [4.69, 9.17) is 18.5 Å². The molecule has 0 amide bonds. The summed E-state index contributed by atoms with van der Waals surface area (Å²) in [6.07, 6.45) is 61.8. The summed E-state index contributed by atoms with van der Waals surface area (Å²) in [5.74, 6) is -0.336. The third kappa shape index (κ3) is 53.7. The smallest absolute Gasteiger partial charge is 0.306 e. The molecule has 0 aromatic rings. The van der Waals surface area contributed by atoms with Crippen LogP contribution in [0.25, 0.3) is 0 Å². The molecule has 9 heteroatoms. The van der Waals surface area contributed by atoms with Crippen LogP contribution in [0.1, 0.15) is 264 Å². The second kappa shape index (κ2) is 50.1. The Labute approximate surface area is 410 Å². The van der Waals surface area contributed by atoms with Crippen LogP contribution in [0.4, 0.5) is 0 Å². The number of carbonyl (C=O) groups excluding carboxylic acids is 1. The topological polar surface area (TPSA) is 94.1 Å². The van der Waals surface area contributed by atoms with E-state index in [1.54, 1.807) is 0 Å². The molecular weight excluding hydrogens is 842 g/mol. The van der Waals surface area contributed by atoms with Gasteiger partial charge in [-0.3, -0.25) is 9.36 Å². The first-order valence-electron chi connectivity index (χ1n) is 28.2. The molecule has 390 valence electrons. The van der Waals surface area contributed by atoms with Gasteiger partial charge in [0.25, 0.3) is 7.82 Å². The summed E-state index contributed by atoms with van der Waals surface area (Å²) in [6, 6.07) is 0. The van der Waals surface area contributed by atoms with Crippen LogP contribution in [0.15, 0.2) is 36.5 Å². The maximum Gasteiger partial charge on any atom is 0.306 e. The number of ether oxygens (including phenoxy) is 2. The zero-order valence-electron chi connectivity index (χ0n) is 44.4. The first-order chi connectivity index (χ1) is 32.1. The number of carbonyl (C=O) groups is 1. The number of phosphoric ester groups is 1. The Morgan fingerprint density at radius 2 is 0.833 bits per heavy atom. The largest absolute Gasteiger partial charge is 0.756 e. The average molecular weight is 952 g/mol. The molecule has 2 unspecified atom stereocenters. The average Bonchev–Trinajstić information content (AvgIpc) is 3.28. The van der Waals surface area contributed by atoms with Gasteiger partial charge < -0.3 is 27.9 Å². The lowest BCUT2D eigenvalue weighted by Crippen LogP contribution is -2.37. The number of hydrogen-bond donors (Lipinski definition) is 0. The summed E-state index contributed by atoms with van der Waals surface area (Å²) in [5.41, 5.74) is 0. The zero-order chi connectivity index (χ0) is 48.3. The Balaban J connectivity index is 4.09. The molecule has 0 aromatic heterocycles. The highest BCUT2D eigenvalue weighted by atomic mass is 31.2. The van der Waals surface area contributed by atoms with Crippen LogP contribution in [0.2, 0.25) is 0 Å². The number of phosphoric acid groups is 1. The van der Waals surface area contributed by atoms with Gasteiger partial charge in [0.05, 0.1) is 34.4 Å². The minimum absolute atomic E-state index is 0.0258. The van der Waals surface area contributed by atoms with Crippen molar-refractivity contribution in [2.24, 2.45) is 0 Å². The second-order valence-corrected chi connectivity index (χ2v) is 21.7. The molecule has 66 heavy (non-hydrogen) atoms. The fourth-order valence-corrected chi connectivity index (χ4v) is 8.81. The molecule has 8 nitrogen and oxygen atoms in total. The van der Waals surface area contributed by atoms with E-state index < -0.39 is 13.9 Å². The predicted molar refractivity (Wildman–Crippen MR) is 282 cm³/mol. The molecule has 0 fully saturated rings. The Hall–Kier alpha value is -1.28. The van der Waals surface area contributed by atoms with Crippen LogP contribution in [0, 0.1) is 0 Å². The Bertz CT molecular complexity index is 1150. The van der Waals surface area contributed by atoms with Crippen LogP contribution >= 0.6 is 7.82 Å². The van der Waals surface area contributed by atoms with Crippen molar-refractivity contribution in [2.45, 2.75) is 270 Å². The molecule has 0 bridgehead atoms. The second-order valence-electron chi connectivity index (χ2n) is 20.3. The van der Waals surface area contributed by atoms with E-state index >= 15 is 0 Å². The van der Waals surface area contributed by atoms with Gasteiger partial charge in [-0.15, -0.1) is 0 Å². The van der Waals surface area contributed by atoms with Crippen LogP contribution in [0.3, 0.4) is 0 Å². The molecule has 0 spiro atoms. The molecule has 0 saturated heterocycles. The zero-order valence-corrected chi connectivity index (χ0v) is 45.3. The summed E-state index contributed by atoms with van der Waals surface area (Å²) >= 11 is 0. The minimum Gasteiger partial charge on any atom is -0.756 e. The van der Waals surface area contributed by atoms with Crippen molar-refractivity contribution in [3.63, 3.8) is 0 Å². The van der Waals surface area contributed by atoms with E-state index in [0.29, 0.717) is 24.1 Å². The fourth-order valence-electron chi connectivity index (χ4n) is 8.09. The lowest BCUT2D eigenvalue weighted by molar-refractivity contribution is -0.870. The van der Waals surface area contributed by atoms with E-state index in [0.717, 1.165) is 51.4 Å². The monoisotopic (exact) mass is 952 g/mol. The Kier molecular flexibility index (Phi) is 49.1. The quantitative estimate of drug-likeness (QED) is 0.0197. The molecule has 0 aromatic carbocycles. The van der Waals surface area contributed by atoms with Crippen molar-refractivity contribution in [2.75, 3.05) is 54.1 Å². The van der Waals surface area contributed by atoms with Gasteiger partial charge in [-0.1, -0.05) is 243 Å². The summed E-state index contributed by atoms with van der Waals surface area (Å²) in [7, 11) is 1.36. The number of quaternary nitrogens is 1. The standard InChI is InChI=1S/C57H110NO7P/c1-6-8-10-12-14-16-18-20-22-24-26-28-29-30-32-34-36-38-40-42-44-46-48-50-57(59)65-56(55-64-66(60,61)63-53-51-58(3,4)5)54-62-52-49-47-45-43-41-39-37-35-33-31-27-25-23-21-19-17-15-13-11-9-7-2/h18,20,24,26,29-30,56H,6-17,19,21-23,25,27-28,31-55H2,1-5H3/b20-18-,26-24-,30-29-. The molecule has 0 saturated carbocycles. The molecular formula is C57H110NO7P. The highest BCUT2D eigenvalue weighted by molar-refractivity contribution is 7.45. The van der Waals surface area contributed by atoms with Crippen LogP contribution in [-0.2, 0) is 27.9 Å². The maximum absolute atomic E-state index is 12.8. The summed E-state index contributed by atoms with van der Waals surface area (Å²) in [6.45, 7) is 5.45. The Morgan fingerprint density at radius 1 is 0.470 bits per heavy atom. The molecule has 0 aliphatic heterocycles. The van der Waals surface area contributed by atoms with Gasteiger partial charge in [0.15, 0.2) is 0 Å². The van der Waals surface area contributed by atoms with Gasteiger partial charge in [-0.25, -0.2) is 0 Å². The van der Waals surface area contributed by atoms with Crippen molar-refractivity contribution >= 4 is 13.8 Å². The fraction of sp³-hybridized carbons (Fsp3) is 0.877. The number of allylic oxidation sites excluding steroid dienone is 6. The summed E-state index contributed by atoms with van der Waals surface area (Å²) in [4.78, 5) is 25.2. The highest BCUT2D eigenvalue weighted by Crippen LogP contribution is 2.38. The SMILES string of the molecule is CCCCCCC/C=C\C/C=C\C/C=C\CCCCCCCCCCC(=O)OC(COCCCCCCCCCCCCCCCCCCCCCCC)COP(=O)([O-])OCC[N+](C)(C)C. The number of esters is 1. The third-order valence-corrected chi connectivity index (χ3v) is 13.4. The minimum atomic E-state index is -4.53. The van der Waals surface area contributed by atoms with Crippen molar-refractivity contribution in [1.29, 1.82) is 0 Å². The van der Waals surface area contributed by atoms with E-state index in [1.165, 1.54) is 193 Å².